The van der Waals surface area contributed by atoms with Crippen molar-refractivity contribution < 1.29 is 9.90 Å². The molecular weight excluding hydrogens is 190 g/mol. The van der Waals surface area contributed by atoms with Crippen LogP contribution >= 0.6 is 0 Å². The van der Waals surface area contributed by atoms with Gasteiger partial charge in [0.25, 0.3) is 0 Å². The van der Waals surface area contributed by atoms with E-state index < -0.39 is 6.10 Å². The predicted molar refractivity (Wildman–Crippen MR) is 60.4 cm³/mol. The van der Waals surface area contributed by atoms with Gasteiger partial charge in [0.05, 0.1) is 6.10 Å². The number of rotatable bonds is 4. The van der Waals surface area contributed by atoms with Gasteiger partial charge >= 0.3 is 0 Å². The molecule has 3 heteroatoms. The van der Waals surface area contributed by atoms with Crippen LogP contribution in [0, 0.1) is 17.8 Å². The van der Waals surface area contributed by atoms with Crippen molar-refractivity contribution in [1.82, 2.24) is 5.32 Å². The molecular formula is C12H23NO2. The number of aliphatic hydroxyl groups is 1. The maximum absolute atomic E-state index is 11.8. The zero-order valence-electron chi connectivity index (χ0n) is 9.99. The highest BCUT2D eigenvalue weighted by molar-refractivity contribution is 5.79. The van der Waals surface area contributed by atoms with Gasteiger partial charge in [0.2, 0.25) is 5.91 Å². The Bertz CT molecular complexity index is 216. The lowest BCUT2D eigenvalue weighted by Gasteiger charge is -2.19. The molecule has 0 heterocycles. The summed E-state index contributed by atoms with van der Waals surface area (Å²) in [4.78, 5) is 11.8. The molecule has 1 aliphatic carbocycles. The van der Waals surface area contributed by atoms with Gasteiger partial charge < -0.3 is 10.4 Å². The Morgan fingerprint density at radius 2 is 2.13 bits per heavy atom. The van der Waals surface area contributed by atoms with E-state index >= 15 is 0 Å². The van der Waals surface area contributed by atoms with Crippen molar-refractivity contribution >= 4 is 5.91 Å². The van der Waals surface area contributed by atoms with E-state index in [4.69, 9.17) is 0 Å². The molecule has 0 radical (unpaired) electrons. The van der Waals surface area contributed by atoms with Crippen LogP contribution in [0.1, 0.15) is 40.0 Å². The molecule has 0 aromatic rings. The fourth-order valence-corrected chi connectivity index (χ4v) is 2.11. The average Bonchev–Trinajstić information content (AvgIpc) is 2.60. The summed E-state index contributed by atoms with van der Waals surface area (Å²) in [7, 11) is 0. The van der Waals surface area contributed by atoms with Crippen molar-refractivity contribution in [3.8, 4) is 0 Å². The zero-order valence-corrected chi connectivity index (χ0v) is 9.99. The van der Waals surface area contributed by atoms with Crippen LogP contribution in [0.4, 0.5) is 0 Å². The van der Waals surface area contributed by atoms with E-state index in [0.717, 1.165) is 19.3 Å². The Labute approximate surface area is 92.3 Å². The molecule has 0 aromatic heterocycles. The lowest BCUT2D eigenvalue weighted by Crippen LogP contribution is -2.38. The third-order valence-corrected chi connectivity index (χ3v) is 3.45. The Kier molecular flexibility index (Phi) is 4.58. The predicted octanol–water partition coefficient (Wildman–Crippen LogP) is 1.56. The van der Waals surface area contributed by atoms with Gasteiger partial charge in [0, 0.05) is 12.5 Å². The van der Waals surface area contributed by atoms with E-state index in [-0.39, 0.29) is 17.7 Å². The smallest absolute Gasteiger partial charge is 0.223 e. The van der Waals surface area contributed by atoms with Crippen molar-refractivity contribution in [2.24, 2.45) is 17.8 Å². The summed E-state index contributed by atoms with van der Waals surface area (Å²) in [6, 6.07) is 0. The lowest BCUT2D eigenvalue weighted by atomic mass is 9.97. The van der Waals surface area contributed by atoms with Gasteiger partial charge in [0.1, 0.15) is 0 Å². The van der Waals surface area contributed by atoms with Gasteiger partial charge in [-0.15, -0.1) is 0 Å². The highest BCUT2D eigenvalue weighted by Crippen LogP contribution is 2.31. The number of carbonyl (C=O) groups is 1. The molecule has 3 unspecified atom stereocenters. The maximum Gasteiger partial charge on any atom is 0.223 e. The van der Waals surface area contributed by atoms with Crippen molar-refractivity contribution in [3.05, 3.63) is 0 Å². The first-order valence-electron chi connectivity index (χ1n) is 5.98. The first kappa shape index (κ1) is 12.5. The zero-order chi connectivity index (χ0) is 11.4. The largest absolute Gasteiger partial charge is 0.391 e. The SMILES string of the molecule is CC(C)C(O)CNC(=O)C1CCCC1C. The molecule has 3 nitrogen and oxygen atoms in total. The van der Waals surface area contributed by atoms with Gasteiger partial charge in [0.15, 0.2) is 0 Å². The normalized spacial score (nSPS) is 28.1. The molecule has 0 bridgehead atoms. The first-order chi connectivity index (χ1) is 7.02. The fourth-order valence-electron chi connectivity index (χ4n) is 2.11. The van der Waals surface area contributed by atoms with Crippen LogP contribution in [0.5, 0.6) is 0 Å². The second-order valence-corrected chi connectivity index (χ2v) is 5.07. The Hall–Kier alpha value is -0.570. The van der Waals surface area contributed by atoms with Crippen LogP contribution in [0.2, 0.25) is 0 Å². The molecule has 88 valence electrons. The van der Waals surface area contributed by atoms with E-state index in [0.29, 0.717) is 12.5 Å². The van der Waals surface area contributed by atoms with Crippen molar-refractivity contribution in [2.45, 2.75) is 46.1 Å². The maximum atomic E-state index is 11.8. The van der Waals surface area contributed by atoms with Gasteiger partial charge in [-0.2, -0.15) is 0 Å². The molecule has 1 rings (SSSR count). The second kappa shape index (κ2) is 5.50. The van der Waals surface area contributed by atoms with E-state index in [1.807, 2.05) is 13.8 Å². The number of aliphatic hydroxyl groups excluding tert-OH is 1. The minimum absolute atomic E-state index is 0.125. The number of amides is 1. The van der Waals surface area contributed by atoms with E-state index in [2.05, 4.69) is 12.2 Å². The van der Waals surface area contributed by atoms with Crippen LogP contribution in [0.15, 0.2) is 0 Å². The molecule has 1 amide bonds. The van der Waals surface area contributed by atoms with E-state index in [9.17, 15) is 9.90 Å². The summed E-state index contributed by atoms with van der Waals surface area (Å²) >= 11 is 0. The molecule has 0 aromatic carbocycles. The lowest BCUT2D eigenvalue weighted by molar-refractivity contribution is -0.126. The fraction of sp³-hybridized carbons (Fsp3) is 0.917. The molecule has 1 fully saturated rings. The summed E-state index contributed by atoms with van der Waals surface area (Å²) in [6.45, 7) is 6.43. The van der Waals surface area contributed by atoms with Crippen LogP contribution < -0.4 is 5.32 Å². The molecule has 0 spiro atoms. The molecule has 3 atom stereocenters. The van der Waals surface area contributed by atoms with E-state index in [1.54, 1.807) is 0 Å². The van der Waals surface area contributed by atoms with E-state index in [1.165, 1.54) is 0 Å². The Morgan fingerprint density at radius 3 is 2.60 bits per heavy atom. The number of carbonyl (C=O) groups excluding carboxylic acids is 1. The summed E-state index contributed by atoms with van der Waals surface area (Å²) in [5, 5.41) is 12.4. The minimum atomic E-state index is -0.425. The van der Waals surface area contributed by atoms with Crippen molar-refractivity contribution in [2.75, 3.05) is 6.54 Å². The van der Waals surface area contributed by atoms with Crippen LogP contribution in [0.3, 0.4) is 0 Å². The summed E-state index contributed by atoms with van der Waals surface area (Å²) < 4.78 is 0. The average molecular weight is 213 g/mol. The summed E-state index contributed by atoms with van der Waals surface area (Å²) in [5.41, 5.74) is 0. The molecule has 0 saturated heterocycles. The first-order valence-corrected chi connectivity index (χ1v) is 5.98. The third-order valence-electron chi connectivity index (χ3n) is 3.45. The number of hydrogen-bond donors (Lipinski definition) is 2. The third kappa shape index (κ3) is 3.49. The van der Waals surface area contributed by atoms with Gasteiger partial charge in [-0.05, 0) is 24.7 Å². The molecule has 1 saturated carbocycles. The minimum Gasteiger partial charge on any atom is -0.391 e. The van der Waals surface area contributed by atoms with Gasteiger partial charge in [-0.25, -0.2) is 0 Å². The molecule has 1 aliphatic rings. The summed E-state index contributed by atoms with van der Waals surface area (Å²) in [5.74, 6) is 0.997. The van der Waals surface area contributed by atoms with Crippen LogP contribution in [-0.2, 0) is 4.79 Å². The van der Waals surface area contributed by atoms with Crippen molar-refractivity contribution in [1.29, 1.82) is 0 Å². The summed E-state index contributed by atoms with van der Waals surface area (Å²) in [6.07, 6.45) is 2.90. The molecule has 15 heavy (non-hydrogen) atoms. The molecule has 2 N–H and O–H groups in total. The quantitative estimate of drug-likeness (QED) is 0.744. The molecule has 0 aliphatic heterocycles. The Morgan fingerprint density at radius 1 is 1.47 bits per heavy atom. The highest BCUT2D eigenvalue weighted by Gasteiger charge is 2.29. The van der Waals surface area contributed by atoms with Crippen LogP contribution in [0.25, 0.3) is 0 Å². The van der Waals surface area contributed by atoms with Gasteiger partial charge in [-0.1, -0.05) is 27.2 Å². The number of hydrogen-bond acceptors (Lipinski definition) is 2. The second-order valence-electron chi connectivity index (χ2n) is 5.07. The van der Waals surface area contributed by atoms with Crippen LogP contribution in [-0.4, -0.2) is 23.7 Å². The monoisotopic (exact) mass is 213 g/mol. The van der Waals surface area contributed by atoms with Gasteiger partial charge in [-0.3, -0.25) is 4.79 Å². The Balaban J connectivity index is 2.29. The standard InChI is InChI=1S/C12H23NO2/c1-8(2)11(14)7-13-12(15)10-6-4-5-9(10)3/h8-11,14H,4-7H2,1-3H3,(H,13,15). The van der Waals surface area contributed by atoms with Crippen molar-refractivity contribution in [3.63, 3.8) is 0 Å². The number of nitrogens with one attached hydrogen (secondary N) is 1. The topological polar surface area (TPSA) is 49.3 Å². The highest BCUT2D eigenvalue weighted by atomic mass is 16.3.